The molecule has 0 N–H and O–H groups in total. The number of halogens is 2. The second kappa shape index (κ2) is 8.46. The largest absolute Gasteiger partial charge is 0.482 e. The predicted octanol–water partition coefficient (Wildman–Crippen LogP) is 2.70. The van der Waals surface area contributed by atoms with Crippen LogP contribution in [0.1, 0.15) is 5.56 Å². The molecule has 2 aromatic carbocycles. The van der Waals surface area contributed by atoms with Gasteiger partial charge in [-0.1, -0.05) is 23.7 Å². The maximum absolute atomic E-state index is 13.4. The third-order valence-corrected chi connectivity index (χ3v) is 6.67. The molecular weight excluding hydrogens is 407 g/mol. The van der Waals surface area contributed by atoms with E-state index in [4.69, 9.17) is 16.3 Å². The van der Waals surface area contributed by atoms with Crippen molar-refractivity contribution in [1.82, 2.24) is 9.21 Å². The van der Waals surface area contributed by atoms with Gasteiger partial charge in [0, 0.05) is 26.2 Å². The molecule has 0 aromatic heterocycles. The van der Waals surface area contributed by atoms with Gasteiger partial charge in [-0.05, 0) is 42.8 Å². The van der Waals surface area contributed by atoms with Crippen LogP contribution in [0.15, 0.2) is 47.4 Å². The fraction of sp³-hybridized carbons (Fsp3) is 0.316. The molecule has 2 aromatic rings. The number of piperazine rings is 1. The zero-order valence-electron chi connectivity index (χ0n) is 15.3. The number of rotatable bonds is 5. The first-order valence-electron chi connectivity index (χ1n) is 8.70. The first-order chi connectivity index (χ1) is 13.3. The van der Waals surface area contributed by atoms with Crippen molar-refractivity contribution in [3.8, 4) is 5.75 Å². The molecule has 1 aliphatic rings. The summed E-state index contributed by atoms with van der Waals surface area (Å²) in [6.07, 6.45) is 0. The molecule has 0 bridgehead atoms. The maximum atomic E-state index is 13.4. The number of benzene rings is 2. The lowest BCUT2D eigenvalue weighted by Gasteiger charge is -2.34. The lowest BCUT2D eigenvalue weighted by atomic mass is 10.2. The number of carbonyl (C=O) groups excluding carboxylic acids is 1. The highest BCUT2D eigenvalue weighted by molar-refractivity contribution is 7.89. The van der Waals surface area contributed by atoms with E-state index in [0.29, 0.717) is 10.8 Å². The Morgan fingerprint density at radius 2 is 1.86 bits per heavy atom. The molecule has 0 atom stereocenters. The third kappa shape index (κ3) is 4.63. The lowest BCUT2D eigenvalue weighted by Crippen LogP contribution is -2.51. The Kier molecular flexibility index (Phi) is 6.22. The smallest absolute Gasteiger partial charge is 0.260 e. The summed E-state index contributed by atoms with van der Waals surface area (Å²) >= 11 is 6.05. The SMILES string of the molecule is Cc1ccc(Cl)c(OCC(=O)N2CCN(S(=O)(=O)c3cccc(F)c3)CC2)c1. The van der Waals surface area contributed by atoms with E-state index in [1.54, 1.807) is 17.0 Å². The van der Waals surface area contributed by atoms with Gasteiger partial charge in [0.15, 0.2) is 6.61 Å². The minimum absolute atomic E-state index is 0.0929. The summed E-state index contributed by atoms with van der Waals surface area (Å²) in [5, 5.41) is 0.421. The second-order valence-corrected chi connectivity index (χ2v) is 8.81. The first-order valence-corrected chi connectivity index (χ1v) is 10.5. The summed E-state index contributed by atoms with van der Waals surface area (Å²) in [6, 6.07) is 10.2. The quantitative estimate of drug-likeness (QED) is 0.737. The third-order valence-electron chi connectivity index (χ3n) is 4.46. The van der Waals surface area contributed by atoms with E-state index in [1.165, 1.54) is 22.5 Å². The highest BCUT2D eigenvalue weighted by Crippen LogP contribution is 2.25. The van der Waals surface area contributed by atoms with Crippen LogP contribution in [0, 0.1) is 12.7 Å². The molecule has 0 spiro atoms. The number of ether oxygens (including phenoxy) is 1. The molecule has 3 rings (SSSR count). The number of amides is 1. The summed E-state index contributed by atoms with van der Waals surface area (Å²) in [5.41, 5.74) is 0.961. The molecule has 1 fully saturated rings. The topological polar surface area (TPSA) is 66.9 Å². The highest BCUT2D eigenvalue weighted by atomic mass is 35.5. The van der Waals surface area contributed by atoms with Gasteiger partial charge in [0.1, 0.15) is 11.6 Å². The van der Waals surface area contributed by atoms with E-state index in [9.17, 15) is 17.6 Å². The zero-order valence-corrected chi connectivity index (χ0v) is 16.8. The van der Waals surface area contributed by atoms with E-state index >= 15 is 0 Å². The van der Waals surface area contributed by atoms with Crippen LogP contribution in [0.3, 0.4) is 0 Å². The first kappa shape index (κ1) is 20.6. The van der Waals surface area contributed by atoms with Gasteiger partial charge in [0.25, 0.3) is 5.91 Å². The van der Waals surface area contributed by atoms with E-state index in [-0.39, 0.29) is 43.6 Å². The van der Waals surface area contributed by atoms with E-state index in [0.717, 1.165) is 11.6 Å². The highest BCUT2D eigenvalue weighted by Gasteiger charge is 2.30. The van der Waals surface area contributed by atoms with Crippen molar-refractivity contribution in [2.45, 2.75) is 11.8 Å². The predicted molar refractivity (Wildman–Crippen MR) is 103 cm³/mol. The summed E-state index contributed by atoms with van der Waals surface area (Å²) in [7, 11) is -3.79. The van der Waals surface area contributed by atoms with E-state index < -0.39 is 15.8 Å². The number of carbonyl (C=O) groups is 1. The molecule has 0 saturated carbocycles. The molecule has 150 valence electrons. The van der Waals surface area contributed by atoms with Gasteiger partial charge < -0.3 is 9.64 Å². The van der Waals surface area contributed by atoms with Crippen LogP contribution in [0.4, 0.5) is 4.39 Å². The van der Waals surface area contributed by atoms with Crippen LogP contribution in [0.5, 0.6) is 5.75 Å². The van der Waals surface area contributed by atoms with Crippen molar-refractivity contribution in [3.05, 3.63) is 58.9 Å². The average molecular weight is 427 g/mol. The van der Waals surface area contributed by atoms with Crippen LogP contribution in [0.2, 0.25) is 5.02 Å². The monoisotopic (exact) mass is 426 g/mol. The summed E-state index contributed by atoms with van der Waals surface area (Å²) in [6.45, 7) is 2.45. The molecule has 28 heavy (non-hydrogen) atoms. The molecule has 1 amide bonds. The van der Waals surface area contributed by atoms with Crippen LogP contribution < -0.4 is 4.74 Å². The van der Waals surface area contributed by atoms with E-state index in [1.807, 2.05) is 13.0 Å². The number of hydrogen-bond acceptors (Lipinski definition) is 4. The van der Waals surface area contributed by atoms with Crippen molar-refractivity contribution in [2.24, 2.45) is 0 Å². The molecule has 0 unspecified atom stereocenters. The van der Waals surface area contributed by atoms with Crippen LogP contribution >= 0.6 is 11.6 Å². The molecule has 6 nitrogen and oxygen atoms in total. The van der Waals surface area contributed by atoms with Gasteiger partial charge in [0.05, 0.1) is 9.92 Å². The molecule has 1 saturated heterocycles. The minimum Gasteiger partial charge on any atom is -0.482 e. The summed E-state index contributed by atoms with van der Waals surface area (Å²) in [5.74, 6) is -0.426. The van der Waals surface area contributed by atoms with Gasteiger partial charge in [-0.25, -0.2) is 12.8 Å². The fourth-order valence-electron chi connectivity index (χ4n) is 2.91. The lowest BCUT2D eigenvalue weighted by molar-refractivity contribution is -0.134. The molecule has 0 aliphatic carbocycles. The maximum Gasteiger partial charge on any atom is 0.260 e. The molecule has 9 heteroatoms. The average Bonchev–Trinajstić information content (AvgIpc) is 2.68. The summed E-state index contributed by atoms with van der Waals surface area (Å²) in [4.78, 5) is 13.8. The molecule has 0 radical (unpaired) electrons. The molecule has 1 heterocycles. The molecule has 1 aliphatic heterocycles. The fourth-order valence-corrected chi connectivity index (χ4v) is 4.53. The summed E-state index contributed by atoms with van der Waals surface area (Å²) < 4.78 is 45.3. The number of nitrogens with zero attached hydrogens (tertiary/aromatic N) is 2. The Labute approximate surface area is 168 Å². The van der Waals surface area contributed by atoms with Crippen molar-refractivity contribution < 1.29 is 22.3 Å². The van der Waals surface area contributed by atoms with Crippen LogP contribution in [0.25, 0.3) is 0 Å². The Morgan fingerprint density at radius 3 is 2.54 bits per heavy atom. The standard InChI is InChI=1S/C19H20ClFN2O4S/c1-14-5-6-17(20)18(11-14)27-13-19(24)22-7-9-23(10-8-22)28(25,26)16-4-2-3-15(21)12-16/h2-6,11-12H,7-10,13H2,1H3. The Morgan fingerprint density at radius 1 is 1.14 bits per heavy atom. The van der Waals surface area contributed by atoms with Crippen molar-refractivity contribution in [2.75, 3.05) is 32.8 Å². The van der Waals surface area contributed by atoms with Crippen LogP contribution in [-0.2, 0) is 14.8 Å². The normalized spacial score (nSPS) is 15.5. The Balaban J connectivity index is 1.57. The van der Waals surface area contributed by atoms with Gasteiger partial charge in [-0.2, -0.15) is 4.31 Å². The minimum atomic E-state index is -3.79. The molecular formula is C19H20ClFN2O4S. The second-order valence-electron chi connectivity index (χ2n) is 6.46. The van der Waals surface area contributed by atoms with Crippen molar-refractivity contribution in [3.63, 3.8) is 0 Å². The number of aryl methyl sites for hydroxylation is 1. The van der Waals surface area contributed by atoms with Gasteiger partial charge in [0.2, 0.25) is 10.0 Å². The Bertz CT molecular complexity index is 976. The van der Waals surface area contributed by atoms with Crippen molar-refractivity contribution >= 4 is 27.5 Å². The van der Waals surface area contributed by atoms with E-state index in [2.05, 4.69) is 0 Å². The van der Waals surface area contributed by atoms with Gasteiger partial charge in [-0.3, -0.25) is 4.79 Å². The number of sulfonamides is 1. The van der Waals surface area contributed by atoms with Crippen LogP contribution in [-0.4, -0.2) is 56.3 Å². The number of hydrogen-bond donors (Lipinski definition) is 0. The van der Waals surface area contributed by atoms with Crippen molar-refractivity contribution in [1.29, 1.82) is 0 Å². The Hall–Kier alpha value is -2.16. The van der Waals surface area contributed by atoms with Gasteiger partial charge >= 0.3 is 0 Å². The zero-order chi connectivity index (χ0) is 20.3. The van der Waals surface area contributed by atoms with Gasteiger partial charge in [-0.15, -0.1) is 0 Å².